The van der Waals surface area contributed by atoms with Crippen LogP contribution in [0.15, 0.2) is 47.6 Å². The van der Waals surface area contributed by atoms with Crippen LogP contribution < -0.4 is 14.8 Å². The van der Waals surface area contributed by atoms with E-state index in [1.807, 2.05) is 49.5 Å². The molecule has 2 aromatic carbocycles. The fourth-order valence-corrected chi connectivity index (χ4v) is 3.60. The molecular weight excluding hydrogens is 410 g/mol. The lowest BCUT2D eigenvalue weighted by molar-refractivity contribution is 0.280. The zero-order chi connectivity index (χ0) is 20.5. The van der Waals surface area contributed by atoms with Crippen LogP contribution in [0, 0.1) is 0 Å². The van der Waals surface area contributed by atoms with Crippen molar-refractivity contribution in [3.8, 4) is 11.5 Å². The molecular formula is C20H24ClN5O2S. The van der Waals surface area contributed by atoms with Crippen molar-refractivity contribution in [3.05, 3.63) is 58.6 Å². The summed E-state index contributed by atoms with van der Waals surface area (Å²) >= 11 is 7.60. The van der Waals surface area contributed by atoms with Gasteiger partial charge in [-0.05, 0) is 47.2 Å². The van der Waals surface area contributed by atoms with Gasteiger partial charge in [-0.3, -0.25) is 0 Å². The van der Waals surface area contributed by atoms with Crippen LogP contribution in [0.3, 0.4) is 0 Å². The third-order valence-electron chi connectivity index (χ3n) is 4.20. The molecule has 0 radical (unpaired) electrons. The SMILES string of the molecule is COc1cccc(CNCCCSc2nnnn2C)c1OCc1ccc(Cl)cc1. The Morgan fingerprint density at radius 2 is 2.00 bits per heavy atom. The molecule has 0 atom stereocenters. The number of nitrogens with one attached hydrogen (secondary N) is 1. The van der Waals surface area contributed by atoms with E-state index in [1.165, 1.54) is 0 Å². The second kappa shape index (κ2) is 11.0. The Morgan fingerprint density at radius 1 is 1.17 bits per heavy atom. The predicted octanol–water partition coefficient (Wildman–Crippen LogP) is 3.72. The van der Waals surface area contributed by atoms with E-state index in [0.717, 1.165) is 46.5 Å². The lowest BCUT2D eigenvalue weighted by atomic mass is 10.1. The maximum atomic E-state index is 6.09. The molecule has 3 rings (SSSR count). The van der Waals surface area contributed by atoms with Gasteiger partial charge in [0.1, 0.15) is 6.61 Å². The third-order valence-corrected chi connectivity index (χ3v) is 5.55. The summed E-state index contributed by atoms with van der Waals surface area (Å²) in [5, 5.41) is 16.4. The van der Waals surface area contributed by atoms with Crippen molar-refractivity contribution in [1.82, 2.24) is 25.5 Å². The van der Waals surface area contributed by atoms with Crippen LogP contribution in [0.5, 0.6) is 11.5 Å². The summed E-state index contributed by atoms with van der Waals surface area (Å²) in [6.45, 7) is 2.03. The number of aromatic nitrogens is 4. The number of tetrazole rings is 1. The summed E-state index contributed by atoms with van der Waals surface area (Å²) in [4.78, 5) is 0. The highest BCUT2D eigenvalue weighted by Crippen LogP contribution is 2.32. The largest absolute Gasteiger partial charge is 0.493 e. The number of hydrogen-bond acceptors (Lipinski definition) is 7. The second-order valence-electron chi connectivity index (χ2n) is 6.33. The van der Waals surface area contributed by atoms with E-state index < -0.39 is 0 Å². The van der Waals surface area contributed by atoms with Crippen molar-refractivity contribution in [1.29, 1.82) is 0 Å². The van der Waals surface area contributed by atoms with Gasteiger partial charge in [0.25, 0.3) is 0 Å². The van der Waals surface area contributed by atoms with Crippen molar-refractivity contribution in [2.45, 2.75) is 24.7 Å². The van der Waals surface area contributed by atoms with Crippen molar-refractivity contribution < 1.29 is 9.47 Å². The molecule has 7 nitrogen and oxygen atoms in total. The van der Waals surface area contributed by atoms with Crippen LogP contribution >= 0.6 is 23.4 Å². The lowest BCUT2D eigenvalue weighted by Crippen LogP contribution is -2.16. The van der Waals surface area contributed by atoms with E-state index in [0.29, 0.717) is 18.2 Å². The number of rotatable bonds is 11. The number of thioether (sulfide) groups is 1. The standard InChI is InChI=1S/C20H24ClN5O2S/c1-26-20(23-24-25-26)29-12-4-11-22-13-16-5-3-6-18(27-2)19(16)28-14-15-7-9-17(21)10-8-15/h3,5-10,22H,4,11-14H2,1-2H3. The van der Waals surface area contributed by atoms with Gasteiger partial charge in [0.2, 0.25) is 5.16 Å². The van der Waals surface area contributed by atoms with Crippen molar-refractivity contribution in [2.24, 2.45) is 7.05 Å². The first kappa shape index (κ1) is 21.4. The molecule has 1 heterocycles. The normalized spacial score (nSPS) is 10.9. The van der Waals surface area contributed by atoms with Gasteiger partial charge in [-0.2, -0.15) is 0 Å². The molecule has 0 aliphatic heterocycles. The van der Waals surface area contributed by atoms with Gasteiger partial charge in [-0.25, -0.2) is 4.68 Å². The third kappa shape index (κ3) is 6.35. The molecule has 1 aromatic heterocycles. The molecule has 0 unspecified atom stereocenters. The average molecular weight is 434 g/mol. The summed E-state index contributed by atoms with van der Waals surface area (Å²) in [6, 6.07) is 13.6. The van der Waals surface area contributed by atoms with E-state index in [1.54, 1.807) is 23.6 Å². The minimum Gasteiger partial charge on any atom is -0.493 e. The summed E-state index contributed by atoms with van der Waals surface area (Å²) in [6.07, 6.45) is 1.00. The Hall–Kier alpha value is -2.29. The average Bonchev–Trinajstić information content (AvgIpc) is 3.15. The zero-order valence-electron chi connectivity index (χ0n) is 16.5. The Labute approximate surface area is 179 Å². The Morgan fingerprint density at radius 3 is 2.72 bits per heavy atom. The Bertz CT molecular complexity index is 904. The summed E-state index contributed by atoms with van der Waals surface area (Å²) in [5.74, 6) is 2.43. The molecule has 0 bridgehead atoms. The van der Waals surface area contributed by atoms with E-state index in [9.17, 15) is 0 Å². The Balaban J connectivity index is 1.50. The number of methoxy groups -OCH3 is 1. The van der Waals surface area contributed by atoms with Gasteiger partial charge < -0.3 is 14.8 Å². The summed E-state index contributed by atoms with van der Waals surface area (Å²) in [5.41, 5.74) is 2.11. The molecule has 1 N–H and O–H groups in total. The molecule has 0 aliphatic rings. The number of benzene rings is 2. The van der Waals surface area contributed by atoms with Gasteiger partial charge in [-0.1, -0.05) is 47.6 Å². The van der Waals surface area contributed by atoms with Gasteiger partial charge in [0, 0.05) is 29.9 Å². The molecule has 3 aromatic rings. The first-order valence-electron chi connectivity index (χ1n) is 9.26. The minimum atomic E-state index is 0.451. The van der Waals surface area contributed by atoms with Crippen LogP contribution in [-0.2, 0) is 20.2 Å². The molecule has 0 saturated carbocycles. The molecule has 9 heteroatoms. The van der Waals surface area contributed by atoms with E-state index >= 15 is 0 Å². The van der Waals surface area contributed by atoms with Crippen molar-refractivity contribution in [3.63, 3.8) is 0 Å². The maximum absolute atomic E-state index is 6.09. The van der Waals surface area contributed by atoms with Gasteiger partial charge in [0.05, 0.1) is 7.11 Å². The Kier molecular flexibility index (Phi) is 8.15. The minimum absolute atomic E-state index is 0.451. The highest BCUT2D eigenvalue weighted by atomic mass is 35.5. The topological polar surface area (TPSA) is 74.1 Å². The van der Waals surface area contributed by atoms with Crippen LogP contribution in [-0.4, -0.2) is 39.6 Å². The first-order chi connectivity index (χ1) is 14.2. The van der Waals surface area contributed by atoms with Gasteiger partial charge >= 0.3 is 0 Å². The number of aryl methyl sites for hydroxylation is 1. The van der Waals surface area contributed by atoms with E-state index in [4.69, 9.17) is 21.1 Å². The molecule has 0 spiro atoms. The smallest absolute Gasteiger partial charge is 0.209 e. The molecule has 154 valence electrons. The maximum Gasteiger partial charge on any atom is 0.209 e. The van der Waals surface area contributed by atoms with E-state index in [-0.39, 0.29) is 0 Å². The van der Waals surface area contributed by atoms with Gasteiger partial charge in [0.15, 0.2) is 11.5 Å². The molecule has 0 saturated heterocycles. The number of ether oxygens (including phenoxy) is 2. The summed E-state index contributed by atoms with van der Waals surface area (Å²) < 4.78 is 13.3. The monoisotopic (exact) mass is 433 g/mol. The fraction of sp³-hybridized carbons (Fsp3) is 0.350. The predicted molar refractivity (Wildman–Crippen MR) is 115 cm³/mol. The van der Waals surface area contributed by atoms with Crippen molar-refractivity contribution in [2.75, 3.05) is 19.4 Å². The van der Waals surface area contributed by atoms with Crippen LogP contribution in [0.1, 0.15) is 17.5 Å². The molecule has 0 amide bonds. The lowest BCUT2D eigenvalue weighted by Gasteiger charge is -2.16. The number of nitrogens with zero attached hydrogens (tertiary/aromatic N) is 4. The highest BCUT2D eigenvalue weighted by Gasteiger charge is 2.11. The van der Waals surface area contributed by atoms with Crippen LogP contribution in [0.25, 0.3) is 0 Å². The van der Waals surface area contributed by atoms with Crippen LogP contribution in [0.2, 0.25) is 5.02 Å². The molecule has 29 heavy (non-hydrogen) atoms. The van der Waals surface area contributed by atoms with E-state index in [2.05, 4.69) is 20.8 Å². The number of para-hydroxylation sites is 1. The second-order valence-corrected chi connectivity index (χ2v) is 7.83. The van der Waals surface area contributed by atoms with Crippen LogP contribution in [0.4, 0.5) is 0 Å². The van der Waals surface area contributed by atoms with Crippen molar-refractivity contribution >= 4 is 23.4 Å². The molecule has 0 aliphatic carbocycles. The number of halogens is 1. The van der Waals surface area contributed by atoms with Gasteiger partial charge in [-0.15, -0.1) is 5.10 Å². The first-order valence-corrected chi connectivity index (χ1v) is 10.6. The fourth-order valence-electron chi connectivity index (χ4n) is 2.69. The number of hydrogen-bond donors (Lipinski definition) is 1. The zero-order valence-corrected chi connectivity index (χ0v) is 18.0. The quantitative estimate of drug-likeness (QED) is 0.365. The highest BCUT2D eigenvalue weighted by molar-refractivity contribution is 7.99. The molecule has 0 fully saturated rings. The summed E-state index contributed by atoms with van der Waals surface area (Å²) in [7, 11) is 3.50.